The van der Waals surface area contributed by atoms with Crippen LogP contribution in [0.2, 0.25) is 0 Å². The predicted molar refractivity (Wildman–Crippen MR) is 56.3 cm³/mol. The molecular formula is C11H14N2O2. The highest BCUT2D eigenvalue weighted by Gasteiger charge is 2.29. The number of hydrogen-bond donors (Lipinski definition) is 1. The second kappa shape index (κ2) is 4.31. The average Bonchev–Trinajstić information content (AvgIpc) is 2.78. The summed E-state index contributed by atoms with van der Waals surface area (Å²) in [6.07, 6.45) is 0. The summed E-state index contributed by atoms with van der Waals surface area (Å²) < 4.78 is 5.31. The Kier molecular flexibility index (Phi) is 2.87. The number of nitrogens with zero attached hydrogens (tertiary/aromatic N) is 1. The van der Waals surface area contributed by atoms with E-state index in [-0.39, 0.29) is 12.1 Å². The minimum atomic E-state index is -0.0960. The van der Waals surface area contributed by atoms with Crippen molar-refractivity contribution in [2.45, 2.75) is 6.04 Å². The predicted octanol–water partition coefficient (Wildman–Crippen LogP) is 1.36. The highest BCUT2D eigenvalue weighted by Crippen LogP contribution is 2.25. The lowest BCUT2D eigenvalue weighted by Gasteiger charge is -2.22. The largest absolute Gasteiger partial charge is 0.358 e. The molecule has 0 unspecified atom stereocenters. The standard InChI is InChI=1S/C11H14N2O2/c1-12-11(14)13-8-15-7-10(13)9-5-3-2-4-6-9/h2-6,10H,7-8H2,1H3,(H,12,14)/t10-/m1/s1. The van der Waals surface area contributed by atoms with Gasteiger partial charge in [0.15, 0.2) is 0 Å². The van der Waals surface area contributed by atoms with Gasteiger partial charge in [0.1, 0.15) is 6.73 Å². The number of benzene rings is 1. The number of amides is 2. The van der Waals surface area contributed by atoms with Gasteiger partial charge in [-0.1, -0.05) is 30.3 Å². The van der Waals surface area contributed by atoms with Gasteiger partial charge in [0.25, 0.3) is 0 Å². The van der Waals surface area contributed by atoms with Crippen molar-refractivity contribution in [1.82, 2.24) is 10.2 Å². The minimum absolute atomic E-state index is 0.0335. The Labute approximate surface area is 88.8 Å². The van der Waals surface area contributed by atoms with Crippen LogP contribution in [-0.4, -0.2) is 31.3 Å². The molecule has 2 rings (SSSR count). The molecule has 0 aromatic heterocycles. The minimum Gasteiger partial charge on any atom is -0.358 e. The Bertz CT molecular complexity index is 340. The first-order valence-electron chi connectivity index (χ1n) is 4.94. The number of hydrogen-bond acceptors (Lipinski definition) is 2. The number of carbonyl (C=O) groups excluding carboxylic acids is 1. The Balaban J connectivity index is 2.18. The molecule has 0 radical (unpaired) electrons. The molecular weight excluding hydrogens is 192 g/mol. The summed E-state index contributed by atoms with van der Waals surface area (Å²) in [5, 5.41) is 2.61. The molecule has 1 aromatic rings. The number of rotatable bonds is 1. The highest BCUT2D eigenvalue weighted by atomic mass is 16.5. The summed E-state index contributed by atoms with van der Waals surface area (Å²) in [7, 11) is 1.63. The molecule has 0 spiro atoms. The van der Waals surface area contributed by atoms with E-state index < -0.39 is 0 Å². The fourth-order valence-electron chi connectivity index (χ4n) is 1.74. The first-order chi connectivity index (χ1) is 7.33. The third kappa shape index (κ3) is 1.94. The fraction of sp³-hybridized carbons (Fsp3) is 0.364. The molecule has 1 atom stereocenters. The summed E-state index contributed by atoms with van der Waals surface area (Å²) >= 11 is 0. The van der Waals surface area contributed by atoms with E-state index in [0.29, 0.717) is 13.3 Å². The third-order valence-electron chi connectivity index (χ3n) is 2.54. The van der Waals surface area contributed by atoms with Crippen molar-refractivity contribution in [3.05, 3.63) is 35.9 Å². The molecule has 2 amide bonds. The number of urea groups is 1. The van der Waals surface area contributed by atoms with Crippen LogP contribution in [0.3, 0.4) is 0 Å². The molecule has 1 heterocycles. The number of nitrogens with one attached hydrogen (secondary N) is 1. The second-order valence-electron chi connectivity index (χ2n) is 3.45. The third-order valence-corrected chi connectivity index (χ3v) is 2.54. The van der Waals surface area contributed by atoms with E-state index in [9.17, 15) is 4.79 Å². The molecule has 1 N–H and O–H groups in total. The van der Waals surface area contributed by atoms with Crippen LogP contribution in [-0.2, 0) is 4.74 Å². The van der Waals surface area contributed by atoms with Crippen LogP contribution >= 0.6 is 0 Å². The van der Waals surface area contributed by atoms with Crippen molar-refractivity contribution in [1.29, 1.82) is 0 Å². The van der Waals surface area contributed by atoms with E-state index in [2.05, 4.69) is 5.32 Å². The summed E-state index contributed by atoms with van der Waals surface area (Å²) in [5.41, 5.74) is 1.11. The zero-order valence-electron chi connectivity index (χ0n) is 8.64. The molecule has 4 heteroatoms. The molecule has 0 bridgehead atoms. The van der Waals surface area contributed by atoms with E-state index in [1.54, 1.807) is 11.9 Å². The van der Waals surface area contributed by atoms with Gasteiger partial charge in [-0.3, -0.25) is 4.90 Å². The Morgan fingerprint density at radius 1 is 1.47 bits per heavy atom. The van der Waals surface area contributed by atoms with E-state index in [1.807, 2.05) is 30.3 Å². The first-order valence-corrected chi connectivity index (χ1v) is 4.94. The van der Waals surface area contributed by atoms with Crippen molar-refractivity contribution >= 4 is 6.03 Å². The molecule has 0 saturated carbocycles. The van der Waals surface area contributed by atoms with Gasteiger partial charge in [-0.2, -0.15) is 0 Å². The maximum Gasteiger partial charge on any atom is 0.319 e. The van der Waals surface area contributed by atoms with Gasteiger partial charge in [-0.05, 0) is 5.56 Å². The van der Waals surface area contributed by atoms with Gasteiger partial charge in [-0.25, -0.2) is 4.79 Å². The van der Waals surface area contributed by atoms with E-state index in [0.717, 1.165) is 5.56 Å². The summed E-state index contributed by atoms with van der Waals surface area (Å²) in [6, 6.07) is 9.85. The lowest BCUT2D eigenvalue weighted by molar-refractivity contribution is 0.143. The van der Waals surface area contributed by atoms with Crippen LogP contribution in [0.1, 0.15) is 11.6 Å². The van der Waals surface area contributed by atoms with Crippen LogP contribution < -0.4 is 5.32 Å². The van der Waals surface area contributed by atoms with Gasteiger partial charge in [0.05, 0.1) is 12.6 Å². The maximum absolute atomic E-state index is 11.5. The van der Waals surface area contributed by atoms with Crippen LogP contribution in [0.4, 0.5) is 4.79 Å². The smallest absolute Gasteiger partial charge is 0.319 e. The van der Waals surface area contributed by atoms with Crippen molar-refractivity contribution in [2.75, 3.05) is 20.4 Å². The van der Waals surface area contributed by atoms with Gasteiger partial charge in [0.2, 0.25) is 0 Å². The Morgan fingerprint density at radius 3 is 2.87 bits per heavy atom. The summed E-state index contributed by atoms with van der Waals surface area (Å²) in [4.78, 5) is 13.2. The van der Waals surface area contributed by atoms with Crippen molar-refractivity contribution in [2.24, 2.45) is 0 Å². The van der Waals surface area contributed by atoms with E-state index in [4.69, 9.17) is 4.74 Å². The maximum atomic E-state index is 11.5. The molecule has 15 heavy (non-hydrogen) atoms. The number of ether oxygens (including phenoxy) is 1. The quantitative estimate of drug-likeness (QED) is 0.753. The topological polar surface area (TPSA) is 41.6 Å². The molecule has 1 aliphatic rings. The van der Waals surface area contributed by atoms with Crippen LogP contribution in [0.25, 0.3) is 0 Å². The molecule has 1 aliphatic heterocycles. The van der Waals surface area contributed by atoms with Crippen molar-refractivity contribution < 1.29 is 9.53 Å². The molecule has 1 saturated heterocycles. The van der Waals surface area contributed by atoms with Crippen molar-refractivity contribution in [3.8, 4) is 0 Å². The lowest BCUT2D eigenvalue weighted by atomic mass is 10.1. The van der Waals surface area contributed by atoms with Gasteiger partial charge >= 0.3 is 6.03 Å². The lowest BCUT2D eigenvalue weighted by Crippen LogP contribution is -2.37. The molecule has 4 nitrogen and oxygen atoms in total. The normalized spacial score (nSPS) is 20.3. The fourth-order valence-corrected chi connectivity index (χ4v) is 1.74. The Hall–Kier alpha value is -1.55. The second-order valence-corrected chi connectivity index (χ2v) is 3.45. The summed E-state index contributed by atoms with van der Waals surface area (Å²) in [6.45, 7) is 0.927. The van der Waals surface area contributed by atoms with Crippen LogP contribution in [0.15, 0.2) is 30.3 Å². The zero-order valence-corrected chi connectivity index (χ0v) is 8.64. The van der Waals surface area contributed by atoms with Gasteiger partial charge in [-0.15, -0.1) is 0 Å². The van der Waals surface area contributed by atoms with E-state index in [1.165, 1.54) is 0 Å². The monoisotopic (exact) mass is 206 g/mol. The average molecular weight is 206 g/mol. The zero-order chi connectivity index (χ0) is 10.7. The SMILES string of the molecule is CNC(=O)N1COC[C@@H]1c1ccccc1. The first kappa shape index (κ1) is 9.98. The highest BCUT2D eigenvalue weighted by molar-refractivity contribution is 5.74. The van der Waals surface area contributed by atoms with Crippen LogP contribution in [0, 0.1) is 0 Å². The molecule has 80 valence electrons. The molecule has 1 fully saturated rings. The van der Waals surface area contributed by atoms with Crippen molar-refractivity contribution in [3.63, 3.8) is 0 Å². The van der Waals surface area contributed by atoms with Crippen LogP contribution in [0.5, 0.6) is 0 Å². The van der Waals surface area contributed by atoms with Gasteiger partial charge in [0, 0.05) is 7.05 Å². The van der Waals surface area contributed by atoms with E-state index >= 15 is 0 Å². The number of carbonyl (C=O) groups is 1. The Morgan fingerprint density at radius 2 is 2.20 bits per heavy atom. The molecule has 1 aromatic carbocycles. The molecule has 0 aliphatic carbocycles. The summed E-state index contributed by atoms with van der Waals surface area (Å²) in [5.74, 6) is 0. The van der Waals surface area contributed by atoms with Gasteiger partial charge < -0.3 is 10.1 Å².